The maximum absolute atomic E-state index is 5.01. The summed E-state index contributed by atoms with van der Waals surface area (Å²) in [7, 11) is 0. The van der Waals surface area contributed by atoms with Crippen LogP contribution in [-0.2, 0) is 32.5 Å². The Kier molecular flexibility index (Phi) is 15.9. The van der Waals surface area contributed by atoms with Crippen LogP contribution in [0.15, 0.2) is 0 Å². The summed E-state index contributed by atoms with van der Waals surface area (Å²) in [6.45, 7) is 40.8. The average Bonchev–Trinajstić information content (AvgIpc) is 3.47. The second-order valence-electron chi connectivity index (χ2n) is 17.5. The van der Waals surface area contributed by atoms with E-state index in [-0.39, 0.29) is 70.2 Å². The Balaban J connectivity index is 0.000000802. The minimum Gasteiger partial charge on any atom is -0.442 e. The van der Waals surface area contributed by atoms with Crippen molar-refractivity contribution in [3.05, 3.63) is 34.4 Å². The van der Waals surface area contributed by atoms with Crippen molar-refractivity contribution in [3.63, 3.8) is 0 Å². The van der Waals surface area contributed by atoms with Crippen molar-refractivity contribution in [2.45, 2.75) is 208 Å². The first-order valence-electron chi connectivity index (χ1n) is 17.0. The molecule has 0 radical (unpaired) electrons. The van der Waals surface area contributed by atoms with Gasteiger partial charge in [-0.15, -0.1) is 0 Å². The van der Waals surface area contributed by atoms with Crippen LogP contribution in [0.3, 0.4) is 0 Å². The molecule has 2 aromatic rings. The van der Waals surface area contributed by atoms with Crippen LogP contribution < -0.4 is 9.97 Å². The molecule has 0 aliphatic rings. The third-order valence-electron chi connectivity index (χ3n) is 8.73. The molecule has 244 valence electrons. The van der Waals surface area contributed by atoms with E-state index < -0.39 is 0 Å². The number of rotatable bonds is 12. The molecule has 0 saturated carbocycles. The Hall–Kier alpha value is -0.320. The van der Waals surface area contributed by atoms with Crippen molar-refractivity contribution >= 4 is 37.7 Å². The van der Waals surface area contributed by atoms with E-state index in [1.165, 1.54) is 48.5 Å². The zero-order valence-electron chi connectivity index (χ0n) is 32.2. The molecule has 0 atom stereocenters. The van der Waals surface area contributed by atoms with E-state index in [0.29, 0.717) is 0 Å². The van der Waals surface area contributed by atoms with Gasteiger partial charge in [-0.1, -0.05) is 185 Å². The molecule has 2 rings (SSSR count). The second-order valence-corrected chi connectivity index (χ2v) is 17.5. The summed E-state index contributed by atoms with van der Waals surface area (Å²) in [6, 6.07) is 0. The molecule has 2 aromatic heterocycles. The van der Waals surface area contributed by atoms with Crippen LogP contribution in [-0.4, -0.2) is 47.7 Å². The number of aromatic nitrogens is 4. The maximum atomic E-state index is 5.01. The predicted octanol–water partition coefficient (Wildman–Crippen LogP) is 10.6. The molecule has 0 saturated heterocycles. The van der Waals surface area contributed by atoms with Crippen LogP contribution in [0.2, 0.25) is 0 Å². The number of nitrogens with zero attached hydrogens (tertiary/aromatic N) is 4. The molecule has 0 aliphatic carbocycles. The van der Waals surface area contributed by atoms with E-state index in [1.54, 1.807) is 0 Å². The number of hydrogen-bond donors (Lipinski definition) is 0. The Morgan fingerprint density at radius 1 is 0.419 bits per heavy atom. The summed E-state index contributed by atoms with van der Waals surface area (Å²) >= 11 is 0. The molecule has 0 fully saturated rings. The van der Waals surface area contributed by atoms with Gasteiger partial charge in [0.25, 0.3) is 0 Å². The van der Waals surface area contributed by atoms with Crippen molar-refractivity contribution in [1.82, 2.24) is 19.9 Å². The smallest absolute Gasteiger partial charge is 0.442 e. The first-order chi connectivity index (χ1) is 18.9. The normalized spacial score (nSPS) is 13.4. The van der Waals surface area contributed by atoms with E-state index >= 15 is 0 Å². The Labute approximate surface area is 298 Å². The molecular formula is C38H70CaN4. The fourth-order valence-corrected chi connectivity index (χ4v) is 6.22. The molecule has 0 amide bonds. The minimum absolute atomic E-state index is 0. The van der Waals surface area contributed by atoms with Gasteiger partial charge in [-0.2, -0.15) is 0 Å². The van der Waals surface area contributed by atoms with Crippen molar-refractivity contribution in [2.24, 2.45) is 0 Å². The van der Waals surface area contributed by atoms with Gasteiger partial charge >= 0.3 is 37.7 Å². The number of hydrogen-bond acceptors (Lipinski definition) is 2. The quantitative estimate of drug-likeness (QED) is 0.221. The summed E-state index contributed by atoms with van der Waals surface area (Å²) in [4.78, 5) is 20.0. The van der Waals surface area contributed by atoms with Crippen LogP contribution >= 0.6 is 0 Å². The van der Waals surface area contributed by atoms with E-state index in [9.17, 15) is 0 Å². The monoisotopic (exact) mass is 623 g/mol. The zero-order chi connectivity index (χ0) is 32.9. The molecular weight excluding hydrogens is 553 g/mol. The summed E-state index contributed by atoms with van der Waals surface area (Å²) < 4.78 is 0. The molecule has 0 unspecified atom stereocenters. The topological polar surface area (TPSA) is 54.0 Å². The van der Waals surface area contributed by atoms with Gasteiger partial charge in [-0.3, -0.25) is 0 Å². The van der Waals surface area contributed by atoms with Crippen molar-refractivity contribution in [3.8, 4) is 0 Å². The van der Waals surface area contributed by atoms with Gasteiger partial charge in [0.2, 0.25) is 0 Å². The summed E-state index contributed by atoms with van der Waals surface area (Å²) in [5, 5.41) is 0. The molecule has 5 heteroatoms. The van der Waals surface area contributed by atoms with Gasteiger partial charge < -0.3 is 19.9 Å². The van der Waals surface area contributed by atoms with Crippen LogP contribution in [0.25, 0.3) is 0 Å². The summed E-state index contributed by atoms with van der Waals surface area (Å²) in [5.41, 5.74) is 5.35. The van der Waals surface area contributed by atoms with Crippen LogP contribution in [0, 0.1) is 0 Å². The van der Waals surface area contributed by atoms with Crippen LogP contribution in [0.5, 0.6) is 0 Å². The fourth-order valence-electron chi connectivity index (χ4n) is 6.22. The van der Waals surface area contributed by atoms with Gasteiger partial charge in [0.15, 0.2) is 0 Å². The molecule has 0 aliphatic heterocycles. The minimum atomic E-state index is 0. The molecule has 0 aromatic carbocycles. The first kappa shape index (κ1) is 42.7. The maximum Gasteiger partial charge on any atom is 2.00 e. The average molecular weight is 623 g/mol. The van der Waals surface area contributed by atoms with Crippen molar-refractivity contribution in [1.29, 1.82) is 0 Å². The summed E-state index contributed by atoms with van der Waals surface area (Å²) in [6.07, 6.45) is 9.34. The second kappa shape index (κ2) is 16.0. The predicted molar refractivity (Wildman–Crippen MR) is 190 cm³/mol. The standard InChI is InChI=1S/2C19H35N2.Ca/c2*1-10-12-18(6,7)14-15(19(8,9)13-11-2)21-16(20-14)17(3,4)5;/h2*10-13H2,1-9H3;/q2*-1;+2. The van der Waals surface area contributed by atoms with Gasteiger partial charge in [-0.25, -0.2) is 0 Å². The SMILES string of the molecule is CCCC(C)(C)c1nc(C(C)(C)C)[n-]c1C(C)(C)CCC.CCCC(C)(C)c1nc(C(C)(C)C)[n-]c1C(C)(C)CCC.[Ca+2]. The van der Waals surface area contributed by atoms with Gasteiger partial charge in [0, 0.05) is 0 Å². The van der Waals surface area contributed by atoms with Crippen LogP contribution in [0.4, 0.5) is 0 Å². The molecule has 43 heavy (non-hydrogen) atoms. The van der Waals surface area contributed by atoms with Gasteiger partial charge in [0.1, 0.15) is 0 Å². The Morgan fingerprint density at radius 2 is 0.651 bits per heavy atom. The third kappa shape index (κ3) is 11.5. The molecule has 0 N–H and O–H groups in total. The first-order valence-corrected chi connectivity index (χ1v) is 17.0. The van der Waals surface area contributed by atoms with Crippen LogP contribution in [0.1, 0.15) is 210 Å². The molecule has 4 nitrogen and oxygen atoms in total. The molecule has 0 bridgehead atoms. The van der Waals surface area contributed by atoms with E-state index in [0.717, 1.165) is 37.3 Å². The Morgan fingerprint density at radius 3 is 0.860 bits per heavy atom. The molecule has 0 spiro atoms. The van der Waals surface area contributed by atoms with Crippen molar-refractivity contribution in [2.75, 3.05) is 0 Å². The fraction of sp³-hybridized carbons (Fsp3) is 0.842. The zero-order valence-corrected chi connectivity index (χ0v) is 34.4. The van der Waals surface area contributed by atoms with Gasteiger partial charge in [0.05, 0.1) is 0 Å². The third-order valence-corrected chi connectivity index (χ3v) is 8.73. The van der Waals surface area contributed by atoms with Crippen molar-refractivity contribution < 1.29 is 0 Å². The summed E-state index contributed by atoms with van der Waals surface area (Å²) in [5.74, 6) is 2.00. The van der Waals surface area contributed by atoms with E-state index in [1.807, 2.05) is 0 Å². The van der Waals surface area contributed by atoms with E-state index in [2.05, 4.69) is 125 Å². The van der Waals surface area contributed by atoms with E-state index in [4.69, 9.17) is 19.9 Å². The Bertz CT molecular complexity index is 941. The van der Waals surface area contributed by atoms with Gasteiger partial charge in [-0.05, 0) is 58.2 Å². The largest absolute Gasteiger partial charge is 2.00 e. The number of imidazole rings is 2. The molecule has 2 heterocycles.